The molecule has 3 rings (SSSR count). The van der Waals surface area contributed by atoms with E-state index >= 15 is 0 Å². The zero-order chi connectivity index (χ0) is 21.0. The van der Waals surface area contributed by atoms with Gasteiger partial charge in [-0.15, -0.1) is 5.10 Å². The molecule has 0 aliphatic heterocycles. The first-order valence-corrected chi connectivity index (χ1v) is 9.07. The lowest BCUT2D eigenvalue weighted by Crippen LogP contribution is -2.35. The number of amides is 2. The molecule has 0 bridgehead atoms. The molecule has 0 unspecified atom stereocenters. The molecule has 11 heteroatoms. The van der Waals surface area contributed by atoms with E-state index in [4.69, 9.17) is 27.9 Å². The van der Waals surface area contributed by atoms with E-state index in [2.05, 4.69) is 20.8 Å². The van der Waals surface area contributed by atoms with Crippen LogP contribution in [0.5, 0.6) is 5.75 Å². The highest BCUT2D eigenvalue weighted by Gasteiger charge is 2.22. The molecule has 9 nitrogen and oxygen atoms in total. The summed E-state index contributed by atoms with van der Waals surface area (Å²) in [6.45, 7) is -0.195. The maximum Gasteiger partial charge on any atom is 0.257 e. The Morgan fingerprint density at radius 1 is 1.21 bits per heavy atom. The minimum atomic E-state index is -0.443. The quantitative estimate of drug-likeness (QED) is 0.639. The molecule has 0 atom stereocenters. The fourth-order valence-electron chi connectivity index (χ4n) is 2.57. The third-order valence-corrected chi connectivity index (χ3v) is 4.60. The van der Waals surface area contributed by atoms with Crippen LogP contribution in [-0.4, -0.2) is 57.6 Å². The molecular weight excluding hydrogens is 419 g/mol. The van der Waals surface area contributed by atoms with Crippen LogP contribution in [0.4, 0.5) is 5.69 Å². The van der Waals surface area contributed by atoms with E-state index in [-0.39, 0.29) is 22.9 Å². The topological polar surface area (TPSA) is 102 Å². The van der Waals surface area contributed by atoms with E-state index in [9.17, 15) is 9.59 Å². The lowest BCUT2D eigenvalue weighted by atomic mass is 10.1. The van der Waals surface area contributed by atoms with Crippen LogP contribution < -0.4 is 10.1 Å². The Morgan fingerprint density at radius 3 is 2.62 bits per heavy atom. The number of hydrogen-bond acceptors (Lipinski definition) is 6. The zero-order valence-electron chi connectivity index (χ0n) is 15.5. The Labute approximate surface area is 176 Å². The molecule has 2 aromatic carbocycles. The second-order valence-corrected chi connectivity index (χ2v) is 6.76. The van der Waals surface area contributed by atoms with Crippen molar-refractivity contribution >= 4 is 40.7 Å². The lowest BCUT2D eigenvalue weighted by molar-refractivity contribution is -0.116. The summed E-state index contributed by atoms with van der Waals surface area (Å²) >= 11 is 12.3. The predicted octanol–water partition coefficient (Wildman–Crippen LogP) is 2.69. The number of ether oxygens (including phenoxy) is 1. The zero-order valence-corrected chi connectivity index (χ0v) is 17.0. The first-order valence-electron chi connectivity index (χ1n) is 8.31. The van der Waals surface area contributed by atoms with Gasteiger partial charge in [0.2, 0.25) is 5.91 Å². The van der Waals surface area contributed by atoms with Gasteiger partial charge in [-0.3, -0.25) is 9.59 Å². The van der Waals surface area contributed by atoms with E-state index in [1.54, 1.807) is 30.3 Å². The second kappa shape index (κ2) is 8.89. The van der Waals surface area contributed by atoms with Crippen molar-refractivity contribution in [2.24, 2.45) is 0 Å². The molecule has 0 aliphatic rings. The number of carbonyl (C=O) groups excluding carboxylic acids is 2. The van der Waals surface area contributed by atoms with Gasteiger partial charge in [0.25, 0.3) is 5.91 Å². The molecular formula is C18H16Cl2N6O3. The number of carbonyl (C=O) groups is 2. The fraction of sp³-hybridized carbons (Fsp3) is 0.167. The lowest BCUT2D eigenvalue weighted by Gasteiger charge is -2.19. The normalized spacial score (nSPS) is 10.5. The van der Waals surface area contributed by atoms with Crippen LogP contribution in [-0.2, 0) is 4.79 Å². The first kappa shape index (κ1) is 20.6. The fourth-order valence-corrected chi connectivity index (χ4v) is 3.00. The maximum atomic E-state index is 12.9. The van der Waals surface area contributed by atoms with E-state index in [0.29, 0.717) is 16.4 Å². The first-order chi connectivity index (χ1) is 13.9. The molecule has 29 heavy (non-hydrogen) atoms. The predicted molar refractivity (Wildman–Crippen MR) is 108 cm³/mol. The summed E-state index contributed by atoms with van der Waals surface area (Å²) in [5.41, 5.74) is 1.11. The minimum absolute atomic E-state index is 0.195. The number of likely N-dealkylation sites (N-methyl/N-ethyl adjacent to an activating group) is 1. The molecule has 3 aromatic rings. The van der Waals surface area contributed by atoms with Crippen molar-refractivity contribution in [3.8, 4) is 11.4 Å². The Kier molecular flexibility index (Phi) is 6.30. The van der Waals surface area contributed by atoms with Gasteiger partial charge in [0, 0.05) is 13.1 Å². The maximum absolute atomic E-state index is 12.9. The summed E-state index contributed by atoms with van der Waals surface area (Å²) in [7, 11) is 2.92. The molecule has 1 N–H and O–H groups in total. The van der Waals surface area contributed by atoms with Crippen LogP contribution in [0.25, 0.3) is 5.69 Å². The smallest absolute Gasteiger partial charge is 0.257 e. The van der Waals surface area contributed by atoms with Crippen LogP contribution in [0.3, 0.4) is 0 Å². The second-order valence-electron chi connectivity index (χ2n) is 5.95. The number of methoxy groups -OCH3 is 1. The van der Waals surface area contributed by atoms with Crippen LogP contribution in [0.2, 0.25) is 10.0 Å². The van der Waals surface area contributed by atoms with Crippen LogP contribution in [0.15, 0.2) is 42.7 Å². The molecule has 0 radical (unpaired) electrons. The monoisotopic (exact) mass is 434 g/mol. The number of halogens is 2. The van der Waals surface area contributed by atoms with E-state index in [0.717, 1.165) is 0 Å². The molecule has 0 aliphatic carbocycles. The van der Waals surface area contributed by atoms with Gasteiger partial charge >= 0.3 is 0 Å². The number of benzene rings is 2. The summed E-state index contributed by atoms with van der Waals surface area (Å²) < 4.78 is 6.67. The number of tetrazole rings is 1. The summed E-state index contributed by atoms with van der Waals surface area (Å²) in [6.07, 6.45) is 1.37. The third kappa shape index (κ3) is 4.64. The van der Waals surface area contributed by atoms with Gasteiger partial charge in [-0.25, -0.2) is 0 Å². The van der Waals surface area contributed by atoms with Gasteiger partial charge in [-0.1, -0.05) is 35.3 Å². The van der Waals surface area contributed by atoms with Gasteiger partial charge in [-0.2, -0.15) is 4.68 Å². The van der Waals surface area contributed by atoms with Gasteiger partial charge < -0.3 is 15.0 Å². The van der Waals surface area contributed by atoms with Crippen LogP contribution >= 0.6 is 23.2 Å². The van der Waals surface area contributed by atoms with Crippen molar-refractivity contribution in [2.45, 2.75) is 0 Å². The van der Waals surface area contributed by atoms with E-state index in [1.165, 1.54) is 36.1 Å². The Balaban J connectivity index is 1.77. The molecule has 0 fully saturated rings. The third-order valence-electron chi connectivity index (χ3n) is 3.97. The van der Waals surface area contributed by atoms with Gasteiger partial charge in [0.05, 0.1) is 40.6 Å². The highest BCUT2D eigenvalue weighted by atomic mass is 35.5. The van der Waals surface area contributed by atoms with Crippen molar-refractivity contribution < 1.29 is 14.3 Å². The van der Waals surface area contributed by atoms with Crippen molar-refractivity contribution in [3.63, 3.8) is 0 Å². The van der Waals surface area contributed by atoms with Gasteiger partial charge in [0.1, 0.15) is 12.1 Å². The summed E-state index contributed by atoms with van der Waals surface area (Å²) in [4.78, 5) is 26.4. The number of hydrogen-bond donors (Lipinski definition) is 1. The largest absolute Gasteiger partial charge is 0.496 e. The van der Waals surface area contributed by atoms with E-state index < -0.39 is 11.8 Å². The number of aromatic nitrogens is 4. The SMILES string of the molecule is COc1cc(-n2cnnn2)c(Cl)cc1C(=O)N(C)CC(=O)Nc1ccccc1Cl. The minimum Gasteiger partial charge on any atom is -0.496 e. The van der Waals surface area contributed by atoms with Crippen molar-refractivity contribution in [3.05, 3.63) is 58.3 Å². The molecule has 1 aromatic heterocycles. The number of nitrogens with zero attached hydrogens (tertiary/aromatic N) is 5. The molecule has 0 saturated heterocycles. The summed E-state index contributed by atoms with van der Waals surface area (Å²) in [6, 6.07) is 9.82. The average molecular weight is 435 g/mol. The summed E-state index contributed by atoms with van der Waals surface area (Å²) in [5, 5.41) is 14.2. The molecule has 150 valence electrons. The Hall–Kier alpha value is -3.17. The van der Waals surface area contributed by atoms with Gasteiger partial charge in [-0.05, 0) is 28.6 Å². The summed E-state index contributed by atoms with van der Waals surface area (Å²) in [5.74, 6) is -0.575. The molecule has 1 heterocycles. The number of nitrogens with one attached hydrogen (secondary N) is 1. The number of anilines is 1. The van der Waals surface area contributed by atoms with Crippen molar-refractivity contribution in [1.29, 1.82) is 0 Å². The highest BCUT2D eigenvalue weighted by Crippen LogP contribution is 2.30. The van der Waals surface area contributed by atoms with Crippen LogP contribution in [0, 0.1) is 0 Å². The number of para-hydroxylation sites is 1. The average Bonchev–Trinajstić information content (AvgIpc) is 3.23. The van der Waals surface area contributed by atoms with Crippen molar-refractivity contribution in [2.75, 3.05) is 26.0 Å². The molecule has 0 saturated carbocycles. The molecule has 2 amide bonds. The van der Waals surface area contributed by atoms with Gasteiger partial charge in [0.15, 0.2) is 0 Å². The Bertz CT molecular complexity index is 1040. The highest BCUT2D eigenvalue weighted by molar-refractivity contribution is 6.34. The Morgan fingerprint density at radius 2 is 1.97 bits per heavy atom. The number of rotatable bonds is 6. The van der Waals surface area contributed by atoms with Crippen LogP contribution in [0.1, 0.15) is 10.4 Å². The molecule has 0 spiro atoms. The van der Waals surface area contributed by atoms with E-state index in [1.807, 2.05) is 0 Å². The van der Waals surface area contributed by atoms with Crippen molar-refractivity contribution in [1.82, 2.24) is 25.1 Å². The standard InChI is InChI=1S/C18H16Cl2N6O3/c1-25(9-17(27)22-14-6-4-3-5-12(14)19)18(28)11-7-13(20)15(8-16(11)29-2)26-10-21-23-24-26/h3-8,10H,9H2,1-2H3,(H,22,27).